The van der Waals surface area contributed by atoms with Crippen LogP contribution in [0.5, 0.6) is 0 Å². The normalized spacial score (nSPS) is 11.8. The molecular weight excluding hydrogens is 328 g/mol. The Morgan fingerprint density at radius 2 is 2.00 bits per heavy atom. The van der Waals surface area contributed by atoms with Crippen LogP contribution in [0, 0.1) is 6.92 Å². The fraction of sp³-hybridized carbons (Fsp3) is 0.429. The van der Waals surface area contributed by atoms with E-state index in [1.54, 1.807) is 27.7 Å². The summed E-state index contributed by atoms with van der Waals surface area (Å²) in [4.78, 5) is 32.1. The first kappa shape index (κ1) is 17.2. The van der Waals surface area contributed by atoms with E-state index in [0.29, 0.717) is 9.84 Å². The van der Waals surface area contributed by atoms with Gasteiger partial charge in [-0.15, -0.1) is 0 Å². The van der Waals surface area contributed by atoms with Crippen LogP contribution in [0.1, 0.15) is 36.1 Å². The molecule has 0 radical (unpaired) electrons. The summed E-state index contributed by atoms with van der Waals surface area (Å²) in [6, 6.07) is 0. The Balaban J connectivity index is 2.48. The van der Waals surface area contributed by atoms with Crippen molar-refractivity contribution < 1.29 is 23.1 Å². The Morgan fingerprint density at radius 1 is 1.35 bits per heavy atom. The van der Waals surface area contributed by atoms with E-state index in [4.69, 9.17) is 4.74 Å². The lowest BCUT2D eigenvalue weighted by molar-refractivity contribution is 0.0635. The lowest BCUT2D eigenvalue weighted by Gasteiger charge is -2.20. The second-order valence-electron chi connectivity index (χ2n) is 5.73. The molecule has 0 aliphatic rings. The van der Waals surface area contributed by atoms with Crippen molar-refractivity contribution in [3.63, 3.8) is 0 Å². The van der Waals surface area contributed by atoms with Gasteiger partial charge in [0, 0.05) is 0 Å². The molecule has 1 N–H and O–H groups in total. The van der Waals surface area contributed by atoms with Crippen LogP contribution in [0.15, 0.2) is 6.20 Å². The number of fused-ring (bicyclic) bond motifs is 1. The molecule has 23 heavy (non-hydrogen) atoms. The summed E-state index contributed by atoms with van der Waals surface area (Å²) in [7, 11) is 0. The maximum Gasteiger partial charge on any atom is 0.412 e. The first-order chi connectivity index (χ1) is 10.6. The average Bonchev–Trinajstić information content (AvgIpc) is 2.75. The second kappa shape index (κ2) is 6.15. The summed E-state index contributed by atoms with van der Waals surface area (Å²) in [5, 5.41) is 2.87. The number of carbonyl (C=O) groups is 2. The number of ketones is 1. The summed E-state index contributed by atoms with van der Waals surface area (Å²) in [6.07, 6.45) is -2.94. The minimum atomic E-state index is -3.22. The number of carbonyl (C=O) groups excluding carboxylic acids is 2. The number of hydrogen-bond donors (Lipinski definition) is 1. The fourth-order valence-corrected chi connectivity index (χ4v) is 2.62. The maximum atomic E-state index is 12.9. The molecule has 124 valence electrons. The summed E-state index contributed by atoms with van der Waals surface area (Å²) < 4.78 is 30.9. The summed E-state index contributed by atoms with van der Waals surface area (Å²) in [6.45, 7) is 6.64. The number of thiazole rings is 1. The molecule has 6 nitrogen and oxygen atoms in total. The van der Waals surface area contributed by atoms with Crippen LogP contribution < -0.4 is 5.32 Å². The zero-order valence-electron chi connectivity index (χ0n) is 12.9. The van der Waals surface area contributed by atoms with Gasteiger partial charge in [0.2, 0.25) is 5.78 Å². The number of ether oxygens (including phenoxy) is 1. The monoisotopic (exact) mass is 343 g/mol. The number of Topliss-reactive ketones (excluding diaryl/α,β-unsaturated/α-hetero) is 1. The van der Waals surface area contributed by atoms with Crippen molar-refractivity contribution in [1.29, 1.82) is 0 Å². The maximum absolute atomic E-state index is 12.9. The fourth-order valence-electron chi connectivity index (χ4n) is 1.85. The van der Waals surface area contributed by atoms with Gasteiger partial charge in [-0.3, -0.25) is 10.1 Å². The number of aromatic nitrogens is 2. The molecule has 2 aromatic rings. The van der Waals surface area contributed by atoms with E-state index >= 15 is 0 Å². The van der Waals surface area contributed by atoms with Gasteiger partial charge in [-0.1, -0.05) is 11.3 Å². The minimum absolute atomic E-state index is 0.0476. The highest BCUT2D eigenvalue weighted by atomic mass is 32.1. The molecule has 0 aromatic carbocycles. The Morgan fingerprint density at radius 3 is 2.57 bits per heavy atom. The number of rotatable bonds is 3. The first-order valence-electron chi connectivity index (χ1n) is 6.67. The van der Waals surface area contributed by atoms with Crippen LogP contribution >= 0.6 is 11.3 Å². The predicted octanol–water partition coefficient (Wildman–Crippen LogP) is 3.79. The van der Waals surface area contributed by atoms with E-state index in [1.807, 2.05) is 0 Å². The second-order valence-corrected chi connectivity index (χ2v) is 6.91. The Hall–Kier alpha value is -2.16. The molecule has 2 aromatic heterocycles. The third kappa shape index (κ3) is 3.98. The number of alkyl halides is 2. The van der Waals surface area contributed by atoms with Gasteiger partial charge >= 0.3 is 12.5 Å². The van der Waals surface area contributed by atoms with Gasteiger partial charge in [-0.2, -0.15) is 0 Å². The minimum Gasteiger partial charge on any atom is -0.444 e. The number of amides is 1. The highest BCUT2D eigenvalue weighted by Gasteiger charge is 2.27. The van der Waals surface area contributed by atoms with E-state index < -0.39 is 23.9 Å². The topological polar surface area (TPSA) is 81.2 Å². The Labute approximate surface area is 134 Å². The quantitative estimate of drug-likeness (QED) is 0.858. The van der Waals surface area contributed by atoms with Crippen molar-refractivity contribution in [3.8, 4) is 0 Å². The number of nitrogens with one attached hydrogen (secondary N) is 1. The van der Waals surface area contributed by atoms with Crippen molar-refractivity contribution >= 4 is 39.2 Å². The van der Waals surface area contributed by atoms with Crippen LogP contribution in [-0.4, -0.2) is 33.9 Å². The molecule has 0 saturated heterocycles. The molecular formula is C14H15F2N3O3S. The lowest BCUT2D eigenvalue weighted by atomic mass is 10.1. The van der Waals surface area contributed by atoms with Crippen LogP contribution in [0.25, 0.3) is 10.3 Å². The van der Waals surface area contributed by atoms with Crippen LogP contribution in [0.4, 0.5) is 19.3 Å². The van der Waals surface area contributed by atoms with Gasteiger partial charge in [0.05, 0.1) is 22.5 Å². The molecule has 0 spiro atoms. The standard InChI is InChI=1S/C14H15F2N3O3S/c1-6-18-9-8(10(20)11(15)16)7(5-17-12(9)23-6)19-13(21)22-14(2,3)4/h5,11H,1-4H3,(H,19,21). The highest BCUT2D eigenvalue weighted by molar-refractivity contribution is 7.18. The van der Waals surface area contributed by atoms with Gasteiger partial charge in [-0.05, 0) is 27.7 Å². The number of hydrogen-bond acceptors (Lipinski definition) is 6. The van der Waals surface area contributed by atoms with Crippen molar-refractivity contribution in [2.24, 2.45) is 0 Å². The van der Waals surface area contributed by atoms with E-state index in [1.165, 1.54) is 11.3 Å². The molecule has 0 unspecified atom stereocenters. The number of aryl methyl sites for hydroxylation is 1. The highest BCUT2D eigenvalue weighted by Crippen LogP contribution is 2.30. The predicted molar refractivity (Wildman–Crippen MR) is 82.3 cm³/mol. The SMILES string of the molecule is Cc1nc2c(C(=O)C(F)F)c(NC(=O)OC(C)(C)C)cnc2s1. The van der Waals surface area contributed by atoms with Crippen LogP contribution in [0.3, 0.4) is 0 Å². The molecule has 0 saturated carbocycles. The summed E-state index contributed by atoms with van der Waals surface area (Å²) >= 11 is 1.17. The van der Waals surface area contributed by atoms with Crippen molar-refractivity contribution in [3.05, 3.63) is 16.8 Å². The average molecular weight is 343 g/mol. The molecule has 0 fully saturated rings. The van der Waals surface area contributed by atoms with E-state index in [0.717, 1.165) is 6.20 Å². The Bertz CT molecular complexity index is 768. The van der Waals surface area contributed by atoms with Crippen LogP contribution in [0.2, 0.25) is 0 Å². The van der Waals surface area contributed by atoms with Gasteiger partial charge in [0.25, 0.3) is 0 Å². The van der Waals surface area contributed by atoms with E-state index in [9.17, 15) is 18.4 Å². The van der Waals surface area contributed by atoms with E-state index in [2.05, 4.69) is 15.3 Å². The number of halogens is 2. The smallest absolute Gasteiger partial charge is 0.412 e. The molecule has 9 heteroatoms. The number of pyridine rings is 1. The van der Waals surface area contributed by atoms with Gasteiger partial charge in [-0.25, -0.2) is 23.5 Å². The first-order valence-corrected chi connectivity index (χ1v) is 7.48. The van der Waals surface area contributed by atoms with Crippen molar-refractivity contribution in [2.75, 3.05) is 5.32 Å². The summed E-state index contributed by atoms with van der Waals surface area (Å²) in [5.41, 5.74) is -1.24. The molecule has 1 amide bonds. The molecule has 0 aliphatic carbocycles. The number of nitrogens with zero attached hydrogens (tertiary/aromatic N) is 2. The van der Waals surface area contributed by atoms with Gasteiger partial charge < -0.3 is 4.74 Å². The molecule has 0 atom stereocenters. The molecule has 2 heterocycles. The van der Waals surface area contributed by atoms with Crippen molar-refractivity contribution in [2.45, 2.75) is 39.7 Å². The molecule has 0 aliphatic heterocycles. The lowest BCUT2D eigenvalue weighted by Crippen LogP contribution is -2.28. The molecule has 0 bridgehead atoms. The van der Waals surface area contributed by atoms with Gasteiger partial charge in [0.1, 0.15) is 15.9 Å². The summed E-state index contributed by atoms with van der Waals surface area (Å²) in [5.74, 6) is -1.42. The van der Waals surface area contributed by atoms with Crippen molar-refractivity contribution in [1.82, 2.24) is 9.97 Å². The molecule has 2 rings (SSSR count). The third-order valence-electron chi connectivity index (χ3n) is 2.61. The largest absolute Gasteiger partial charge is 0.444 e. The van der Waals surface area contributed by atoms with Gasteiger partial charge in [0.15, 0.2) is 0 Å². The van der Waals surface area contributed by atoms with Crippen LogP contribution in [-0.2, 0) is 4.74 Å². The third-order valence-corrected chi connectivity index (χ3v) is 3.49. The zero-order valence-corrected chi connectivity index (χ0v) is 13.8. The Kier molecular flexibility index (Phi) is 4.60. The number of anilines is 1. The van der Waals surface area contributed by atoms with E-state index in [-0.39, 0.29) is 16.8 Å². The zero-order chi connectivity index (χ0) is 17.4.